The van der Waals surface area contributed by atoms with E-state index in [1.165, 1.54) is 12.8 Å². The third kappa shape index (κ3) is 3.71. The van der Waals surface area contributed by atoms with Gasteiger partial charge in [-0.3, -0.25) is 4.79 Å². The summed E-state index contributed by atoms with van der Waals surface area (Å²) in [5.41, 5.74) is 0.980. The molecule has 1 aromatic carbocycles. The van der Waals surface area contributed by atoms with E-state index in [1.807, 2.05) is 24.3 Å². The van der Waals surface area contributed by atoms with E-state index in [1.54, 1.807) is 12.1 Å². The quantitative estimate of drug-likeness (QED) is 0.861. The summed E-state index contributed by atoms with van der Waals surface area (Å²) in [7, 11) is 0. The number of ether oxygens (including phenoxy) is 1. The van der Waals surface area contributed by atoms with E-state index in [-0.39, 0.29) is 5.91 Å². The minimum Gasteiger partial charge on any atom is -0.490 e. The highest BCUT2D eigenvalue weighted by molar-refractivity contribution is 9.10. The molecule has 0 radical (unpaired) electrons. The largest absolute Gasteiger partial charge is 0.490 e. The predicted molar refractivity (Wildman–Crippen MR) is 86.9 cm³/mol. The van der Waals surface area contributed by atoms with Crippen molar-refractivity contribution >= 4 is 21.8 Å². The van der Waals surface area contributed by atoms with Crippen LogP contribution >= 0.6 is 15.9 Å². The molecule has 22 heavy (non-hydrogen) atoms. The van der Waals surface area contributed by atoms with Crippen molar-refractivity contribution in [3.05, 3.63) is 52.4 Å². The van der Waals surface area contributed by atoms with E-state index < -0.39 is 0 Å². The van der Waals surface area contributed by atoms with Crippen LogP contribution in [-0.4, -0.2) is 12.0 Å². The second-order valence-electron chi connectivity index (χ2n) is 5.42. The second kappa shape index (κ2) is 7.01. The number of para-hydroxylation sites is 1. The molecule has 1 fully saturated rings. The Hall–Kier alpha value is -1.75. The standard InChI is InChI=1S/C17H18BrNO3/c18-16-10-9-15(22-16)17(20)19-11-12-5-1-4-8-14(12)21-13-6-2-3-7-13/h1,4-5,8-10,13H,2-3,6-7,11H2,(H,19,20). The van der Waals surface area contributed by atoms with Crippen LogP contribution in [0.1, 0.15) is 41.8 Å². The number of benzene rings is 1. The maximum absolute atomic E-state index is 12.0. The first kappa shape index (κ1) is 15.2. The lowest BCUT2D eigenvalue weighted by Crippen LogP contribution is -2.23. The number of halogens is 1. The van der Waals surface area contributed by atoms with Gasteiger partial charge >= 0.3 is 0 Å². The molecule has 0 atom stereocenters. The Labute approximate surface area is 138 Å². The molecule has 1 saturated carbocycles. The van der Waals surface area contributed by atoms with Gasteiger partial charge in [0.05, 0.1) is 6.10 Å². The van der Waals surface area contributed by atoms with E-state index >= 15 is 0 Å². The highest BCUT2D eigenvalue weighted by Crippen LogP contribution is 2.26. The summed E-state index contributed by atoms with van der Waals surface area (Å²) in [6.07, 6.45) is 4.99. The van der Waals surface area contributed by atoms with E-state index in [4.69, 9.17) is 9.15 Å². The van der Waals surface area contributed by atoms with Crippen LogP contribution in [0, 0.1) is 0 Å². The molecule has 0 unspecified atom stereocenters. The summed E-state index contributed by atoms with van der Waals surface area (Å²) < 4.78 is 11.9. The number of carbonyl (C=O) groups excluding carboxylic acids is 1. The van der Waals surface area contributed by atoms with Crippen LogP contribution in [0.3, 0.4) is 0 Å². The number of furan rings is 1. The topological polar surface area (TPSA) is 51.5 Å². The van der Waals surface area contributed by atoms with Gasteiger partial charge in [-0.2, -0.15) is 0 Å². The van der Waals surface area contributed by atoms with Gasteiger partial charge in [0.2, 0.25) is 0 Å². The highest BCUT2D eigenvalue weighted by Gasteiger charge is 2.18. The summed E-state index contributed by atoms with van der Waals surface area (Å²) in [5.74, 6) is 0.915. The minimum absolute atomic E-state index is 0.235. The molecule has 0 saturated heterocycles. The molecule has 1 aromatic heterocycles. The first-order valence-corrected chi connectivity index (χ1v) is 8.30. The fourth-order valence-electron chi connectivity index (χ4n) is 2.65. The summed E-state index contributed by atoms with van der Waals surface area (Å²) in [6.45, 7) is 0.417. The number of hydrogen-bond donors (Lipinski definition) is 1. The average molecular weight is 364 g/mol. The first-order valence-electron chi connectivity index (χ1n) is 7.50. The van der Waals surface area contributed by atoms with Crippen LogP contribution in [0.15, 0.2) is 45.5 Å². The molecular formula is C17H18BrNO3. The van der Waals surface area contributed by atoms with Gasteiger partial charge in [0.15, 0.2) is 10.4 Å². The zero-order chi connectivity index (χ0) is 15.4. The van der Waals surface area contributed by atoms with Crippen LogP contribution < -0.4 is 10.1 Å². The fourth-order valence-corrected chi connectivity index (χ4v) is 2.96. The molecule has 4 nitrogen and oxygen atoms in total. The molecule has 1 N–H and O–H groups in total. The third-order valence-electron chi connectivity index (χ3n) is 3.80. The zero-order valence-corrected chi connectivity index (χ0v) is 13.8. The maximum Gasteiger partial charge on any atom is 0.287 e. The molecule has 0 aliphatic heterocycles. The van der Waals surface area contributed by atoms with Crippen molar-refractivity contribution in [2.75, 3.05) is 0 Å². The Kier molecular flexibility index (Phi) is 4.83. The van der Waals surface area contributed by atoms with Gasteiger partial charge in [-0.25, -0.2) is 0 Å². The van der Waals surface area contributed by atoms with Crippen LogP contribution in [0.2, 0.25) is 0 Å². The van der Waals surface area contributed by atoms with Crippen molar-refractivity contribution in [1.82, 2.24) is 5.32 Å². The number of amides is 1. The number of carbonyl (C=O) groups is 1. The van der Waals surface area contributed by atoms with E-state index in [2.05, 4.69) is 21.2 Å². The Morgan fingerprint density at radius 2 is 2.00 bits per heavy atom. The monoisotopic (exact) mass is 363 g/mol. The van der Waals surface area contributed by atoms with Crippen molar-refractivity contribution in [2.24, 2.45) is 0 Å². The molecule has 1 amide bonds. The van der Waals surface area contributed by atoms with Gasteiger partial charge in [0.1, 0.15) is 5.75 Å². The molecule has 1 aliphatic carbocycles. The fraction of sp³-hybridized carbons (Fsp3) is 0.353. The average Bonchev–Trinajstić information content (AvgIpc) is 3.18. The predicted octanol–water partition coefficient (Wildman–Crippen LogP) is 4.29. The van der Waals surface area contributed by atoms with E-state index in [0.29, 0.717) is 23.1 Å². The smallest absolute Gasteiger partial charge is 0.287 e. The summed E-state index contributed by atoms with van der Waals surface area (Å²) in [4.78, 5) is 12.0. The Morgan fingerprint density at radius 3 is 2.73 bits per heavy atom. The molecule has 0 spiro atoms. The third-order valence-corrected chi connectivity index (χ3v) is 4.23. The first-order chi connectivity index (χ1) is 10.7. The lowest BCUT2D eigenvalue weighted by atomic mass is 10.2. The SMILES string of the molecule is O=C(NCc1ccccc1OC1CCCC1)c1ccc(Br)o1. The summed E-state index contributed by atoms with van der Waals surface area (Å²) >= 11 is 3.19. The van der Waals surface area contributed by atoms with Gasteiger partial charge in [0.25, 0.3) is 5.91 Å². The molecule has 2 aromatic rings. The van der Waals surface area contributed by atoms with Crippen LogP contribution in [0.25, 0.3) is 0 Å². The molecule has 0 bridgehead atoms. The van der Waals surface area contributed by atoms with Crippen LogP contribution in [-0.2, 0) is 6.54 Å². The molecule has 1 aliphatic rings. The van der Waals surface area contributed by atoms with Gasteiger partial charge in [-0.15, -0.1) is 0 Å². The number of nitrogens with one attached hydrogen (secondary N) is 1. The molecule has 116 valence electrons. The molecule has 1 heterocycles. The molecule has 5 heteroatoms. The van der Waals surface area contributed by atoms with Crippen molar-refractivity contribution in [3.63, 3.8) is 0 Å². The minimum atomic E-state index is -0.235. The Balaban J connectivity index is 1.63. The molecule has 3 rings (SSSR count). The van der Waals surface area contributed by atoms with Gasteiger partial charge in [-0.1, -0.05) is 18.2 Å². The Bertz CT molecular complexity index is 647. The molecular weight excluding hydrogens is 346 g/mol. The second-order valence-corrected chi connectivity index (χ2v) is 6.20. The maximum atomic E-state index is 12.0. The van der Waals surface area contributed by atoms with Crippen molar-refractivity contribution in [1.29, 1.82) is 0 Å². The van der Waals surface area contributed by atoms with Crippen molar-refractivity contribution in [2.45, 2.75) is 38.3 Å². The lowest BCUT2D eigenvalue weighted by Gasteiger charge is -2.16. The van der Waals surface area contributed by atoms with E-state index in [9.17, 15) is 4.79 Å². The van der Waals surface area contributed by atoms with Gasteiger partial charge in [-0.05, 0) is 59.8 Å². The zero-order valence-electron chi connectivity index (χ0n) is 12.2. The number of hydrogen-bond acceptors (Lipinski definition) is 3. The van der Waals surface area contributed by atoms with E-state index in [0.717, 1.165) is 24.2 Å². The normalized spacial score (nSPS) is 15.0. The van der Waals surface area contributed by atoms with Gasteiger partial charge < -0.3 is 14.5 Å². The lowest BCUT2D eigenvalue weighted by molar-refractivity contribution is 0.0921. The van der Waals surface area contributed by atoms with Crippen molar-refractivity contribution < 1.29 is 13.9 Å². The Morgan fingerprint density at radius 1 is 1.23 bits per heavy atom. The summed E-state index contributed by atoms with van der Waals surface area (Å²) in [5, 5.41) is 2.86. The highest BCUT2D eigenvalue weighted by atomic mass is 79.9. The van der Waals surface area contributed by atoms with Crippen LogP contribution in [0.5, 0.6) is 5.75 Å². The van der Waals surface area contributed by atoms with Gasteiger partial charge in [0, 0.05) is 12.1 Å². The summed E-state index contributed by atoms with van der Waals surface area (Å²) in [6, 6.07) is 11.2. The number of rotatable bonds is 5. The van der Waals surface area contributed by atoms with Crippen molar-refractivity contribution in [3.8, 4) is 5.75 Å². The van der Waals surface area contributed by atoms with Crippen LogP contribution in [0.4, 0.5) is 0 Å².